The molecule has 0 fully saturated rings. The molecular formula is C26H26N4O4. The lowest BCUT2D eigenvalue weighted by molar-refractivity contribution is -0.144. The number of esters is 1. The number of carbonyl (C=O) groups is 2. The predicted octanol–water partition coefficient (Wildman–Crippen LogP) is 1.38. The first-order valence-electron chi connectivity index (χ1n) is 11.0. The Labute approximate surface area is 196 Å². The van der Waals surface area contributed by atoms with Crippen LogP contribution in [0.2, 0.25) is 0 Å². The number of benzene rings is 2. The van der Waals surface area contributed by atoms with Crippen LogP contribution >= 0.6 is 0 Å². The van der Waals surface area contributed by atoms with Crippen molar-refractivity contribution in [2.75, 3.05) is 7.11 Å². The molecule has 1 aliphatic heterocycles. The number of aryl methyl sites for hydroxylation is 2. The summed E-state index contributed by atoms with van der Waals surface area (Å²) in [6.07, 6.45) is 3.33. The smallest absolute Gasteiger partial charge is 0.328 e. The second-order valence-corrected chi connectivity index (χ2v) is 8.07. The van der Waals surface area contributed by atoms with Crippen molar-refractivity contribution < 1.29 is 14.3 Å². The molecule has 0 bridgehead atoms. The van der Waals surface area contributed by atoms with Crippen molar-refractivity contribution in [2.45, 2.75) is 32.2 Å². The molecule has 1 amide bonds. The summed E-state index contributed by atoms with van der Waals surface area (Å²) >= 11 is 0. The van der Waals surface area contributed by atoms with Crippen molar-refractivity contribution in [3.05, 3.63) is 98.0 Å². The summed E-state index contributed by atoms with van der Waals surface area (Å²) in [6.45, 7) is 1.35. The molecule has 1 unspecified atom stereocenters. The molecule has 2 heterocycles. The zero-order chi connectivity index (χ0) is 24.1. The first kappa shape index (κ1) is 23.0. The van der Waals surface area contributed by atoms with E-state index in [9.17, 15) is 14.4 Å². The zero-order valence-corrected chi connectivity index (χ0v) is 19.1. The van der Waals surface area contributed by atoms with Crippen molar-refractivity contribution in [1.82, 2.24) is 15.5 Å². The van der Waals surface area contributed by atoms with Crippen molar-refractivity contribution >= 4 is 23.5 Å². The third kappa shape index (κ3) is 5.06. The van der Waals surface area contributed by atoms with Crippen LogP contribution in [0.1, 0.15) is 30.2 Å². The largest absolute Gasteiger partial charge is 0.467 e. The second kappa shape index (κ2) is 10.2. The molecule has 0 saturated heterocycles. The maximum Gasteiger partial charge on any atom is 0.328 e. The van der Waals surface area contributed by atoms with Crippen LogP contribution in [-0.4, -0.2) is 35.2 Å². The number of H-pyrrole nitrogens is 2. The molecule has 3 aromatic rings. The SMILES string of the molecule is COC(=O)C(CC1=c2ccccc2=NC1=Cc1c(CCc2ccccc2)[nH][nH]c1=O)NC(C)=O. The van der Waals surface area contributed by atoms with E-state index in [0.29, 0.717) is 17.7 Å². The molecule has 1 atom stereocenters. The summed E-state index contributed by atoms with van der Waals surface area (Å²) in [5, 5.41) is 9.90. The Morgan fingerprint density at radius 2 is 1.79 bits per heavy atom. The topological polar surface area (TPSA) is 116 Å². The molecule has 4 rings (SSSR count). The van der Waals surface area contributed by atoms with Crippen LogP contribution in [0, 0.1) is 0 Å². The van der Waals surface area contributed by atoms with E-state index in [1.165, 1.54) is 19.6 Å². The Balaban J connectivity index is 1.71. The van der Waals surface area contributed by atoms with E-state index in [-0.39, 0.29) is 17.9 Å². The monoisotopic (exact) mass is 458 g/mol. The molecule has 8 heteroatoms. The van der Waals surface area contributed by atoms with Crippen molar-refractivity contribution in [2.24, 2.45) is 4.99 Å². The van der Waals surface area contributed by atoms with Crippen molar-refractivity contribution in [1.29, 1.82) is 0 Å². The van der Waals surface area contributed by atoms with Crippen LogP contribution in [0.15, 0.2) is 70.1 Å². The molecule has 1 aromatic heterocycles. The van der Waals surface area contributed by atoms with E-state index >= 15 is 0 Å². The molecule has 174 valence electrons. The minimum absolute atomic E-state index is 0.181. The predicted molar refractivity (Wildman–Crippen MR) is 128 cm³/mol. The zero-order valence-electron chi connectivity index (χ0n) is 19.1. The number of nitrogens with zero attached hydrogens (tertiary/aromatic N) is 1. The lowest BCUT2D eigenvalue weighted by Crippen LogP contribution is -2.41. The number of hydrogen-bond donors (Lipinski definition) is 3. The van der Waals surface area contributed by atoms with Crippen LogP contribution in [0.25, 0.3) is 11.6 Å². The van der Waals surface area contributed by atoms with E-state index < -0.39 is 12.0 Å². The fourth-order valence-electron chi connectivity index (χ4n) is 4.08. The standard InChI is InChI=1S/C26H26N4O4/c1-16(31)27-24(26(33)34-2)14-19-18-10-6-7-11-21(18)28-23(19)15-20-22(29-30-25(20)32)13-12-17-8-4-3-5-9-17/h3-11,15,24H,12-14H2,1-2H3,(H,27,31)(H2,29,30,32). The van der Waals surface area contributed by atoms with Crippen LogP contribution in [0.4, 0.5) is 0 Å². The normalized spacial score (nSPS) is 14.4. The van der Waals surface area contributed by atoms with E-state index in [1.54, 1.807) is 6.08 Å². The highest BCUT2D eigenvalue weighted by Crippen LogP contribution is 2.23. The molecular weight excluding hydrogens is 432 g/mol. The van der Waals surface area contributed by atoms with Gasteiger partial charge in [0.1, 0.15) is 6.04 Å². The molecule has 0 saturated carbocycles. The first-order chi connectivity index (χ1) is 16.5. The van der Waals surface area contributed by atoms with E-state index in [1.807, 2.05) is 54.6 Å². The van der Waals surface area contributed by atoms with Crippen LogP contribution < -0.4 is 21.5 Å². The van der Waals surface area contributed by atoms with Crippen molar-refractivity contribution in [3.8, 4) is 0 Å². The van der Waals surface area contributed by atoms with Gasteiger partial charge in [-0.05, 0) is 36.1 Å². The highest BCUT2D eigenvalue weighted by atomic mass is 16.5. The number of ether oxygens (including phenoxy) is 1. The van der Waals surface area contributed by atoms with Gasteiger partial charge in [-0.2, -0.15) is 0 Å². The average molecular weight is 459 g/mol. The fourth-order valence-corrected chi connectivity index (χ4v) is 4.08. The van der Waals surface area contributed by atoms with Crippen LogP contribution in [0.5, 0.6) is 0 Å². The summed E-state index contributed by atoms with van der Waals surface area (Å²) in [7, 11) is 1.28. The van der Waals surface area contributed by atoms with Crippen LogP contribution in [0.3, 0.4) is 0 Å². The summed E-state index contributed by atoms with van der Waals surface area (Å²) in [5.74, 6) is -0.885. The molecule has 2 aromatic carbocycles. The van der Waals surface area contributed by atoms with Crippen molar-refractivity contribution in [3.63, 3.8) is 0 Å². The quantitative estimate of drug-likeness (QED) is 0.442. The number of hydrogen-bond acceptors (Lipinski definition) is 5. The highest BCUT2D eigenvalue weighted by Gasteiger charge is 2.25. The van der Waals surface area contributed by atoms with Gasteiger partial charge in [0, 0.05) is 24.3 Å². The van der Waals surface area contributed by atoms with Gasteiger partial charge in [0.15, 0.2) is 0 Å². The minimum Gasteiger partial charge on any atom is -0.467 e. The summed E-state index contributed by atoms with van der Waals surface area (Å²) in [5.41, 5.74) is 3.53. The lowest BCUT2D eigenvalue weighted by atomic mass is 9.99. The second-order valence-electron chi connectivity index (χ2n) is 8.07. The highest BCUT2D eigenvalue weighted by molar-refractivity contribution is 5.86. The molecule has 0 radical (unpaired) electrons. The number of fused-ring (bicyclic) bond motifs is 1. The Morgan fingerprint density at radius 1 is 1.06 bits per heavy atom. The number of carbonyl (C=O) groups excluding carboxylic acids is 2. The van der Waals surface area contributed by atoms with Gasteiger partial charge in [-0.3, -0.25) is 14.7 Å². The third-order valence-corrected chi connectivity index (χ3v) is 5.73. The van der Waals surface area contributed by atoms with Gasteiger partial charge in [-0.1, -0.05) is 48.5 Å². The van der Waals surface area contributed by atoms with Gasteiger partial charge in [-0.25, -0.2) is 9.79 Å². The van der Waals surface area contributed by atoms with Gasteiger partial charge in [0.2, 0.25) is 5.91 Å². The number of aromatic nitrogens is 2. The van der Waals surface area contributed by atoms with Gasteiger partial charge >= 0.3 is 5.97 Å². The Hall–Kier alpha value is -4.20. The van der Waals surface area contributed by atoms with Gasteiger partial charge in [0.05, 0.1) is 23.7 Å². The number of amides is 1. The maximum absolute atomic E-state index is 12.6. The Bertz CT molecular complexity index is 1420. The Morgan fingerprint density at radius 3 is 2.53 bits per heavy atom. The van der Waals surface area contributed by atoms with Gasteiger partial charge in [-0.15, -0.1) is 0 Å². The number of rotatable bonds is 8. The maximum atomic E-state index is 12.6. The Kier molecular flexibility index (Phi) is 6.87. The number of allylic oxidation sites excluding steroid dienone is 1. The average Bonchev–Trinajstić information content (AvgIpc) is 3.37. The number of methoxy groups -OCH3 is 1. The van der Waals surface area contributed by atoms with Gasteiger partial charge < -0.3 is 15.2 Å². The lowest BCUT2D eigenvalue weighted by Gasteiger charge is -2.16. The number of aromatic amines is 2. The van der Waals surface area contributed by atoms with E-state index in [2.05, 4.69) is 15.5 Å². The molecule has 0 spiro atoms. The summed E-state index contributed by atoms with van der Waals surface area (Å²) in [4.78, 5) is 41.4. The number of nitrogens with one attached hydrogen (secondary N) is 3. The van der Waals surface area contributed by atoms with Gasteiger partial charge in [0.25, 0.3) is 5.56 Å². The first-order valence-corrected chi connectivity index (χ1v) is 11.0. The summed E-state index contributed by atoms with van der Waals surface area (Å²) < 4.78 is 4.89. The molecule has 34 heavy (non-hydrogen) atoms. The van der Waals surface area contributed by atoms with E-state index in [0.717, 1.165) is 28.3 Å². The molecule has 3 N–H and O–H groups in total. The third-order valence-electron chi connectivity index (χ3n) is 5.73. The van der Waals surface area contributed by atoms with Crippen LogP contribution in [-0.2, 0) is 27.2 Å². The number of para-hydroxylation sites is 1. The molecule has 0 aliphatic carbocycles. The van der Waals surface area contributed by atoms with E-state index in [4.69, 9.17) is 9.73 Å². The molecule has 1 aliphatic rings. The molecule has 8 nitrogen and oxygen atoms in total. The fraction of sp³-hybridized carbons (Fsp3) is 0.231. The summed E-state index contributed by atoms with van der Waals surface area (Å²) in [6, 6.07) is 16.7. The minimum atomic E-state index is -0.871.